The van der Waals surface area contributed by atoms with Crippen molar-refractivity contribution in [3.63, 3.8) is 0 Å². The second kappa shape index (κ2) is 4.44. The van der Waals surface area contributed by atoms with E-state index in [2.05, 4.69) is 0 Å². The van der Waals surface area contributed by atoms with E-state index in [1.54, 1.807) is 4.57 Å². The normalized spacial score (nSPS) is 10.7. The minimum absolute atomic E-state index is 0.0926. The fraction of sp³-hybridized carbons (Fsp3) is 0.250. The van der Waals surface area contributed by atoms with Crippen molar-refractivity contribution in [2.45, 2.75) is 20.4 Å². The van der Waals surface area contributed by atoms with Crippen molar-refractivity contribution < 1.29 is 0 Å². The number of aromatic nitrogens is 1. The average molecular weight is 254 g/mol. The van der Waals surface area contributed by atoms with Crippen LogP contribution in [0.4, 0.5) is 0 Å². The summed E-state index contributed by atoms with van der Waals surface area (Å²) in [5.41, 5.74) is 2.09. The van der Waals surface area contributed by atoms with Crippen LogP contribution >= 0.6 is 22.9 Å². The third-order valence-corrected chi connectivity index (χ3v) is 3.84. The van der Waals surface area contributed by atoms with Crippen LogP contribution in [0.25, 0.3) is 0 Å². The SMILES string of the molecule is Cc1sc(=O)n(Cc2cccc(Cl)c2)c1C. The molecule has 1 aromatic carbocycles. The highest BCUT2D eigenvalue weighted by Crippen LogP contribution is 2.14. The zero-order valence-corrected chi connectivity index (χ0v) is 10.7. The van der Waals surface area contributed by atoms with E-state index in [0.717, 1.165) is 16.1 Å². The summed E-state index contributed by atoms with van der Waals surface area (Å²) in [4.78, 5) is 12.9. The van der Waals surface area contributed by atoms with E-state index in [-0.39, 0.29) is 4.87 Å². The maximum atomic E-state index is 11.7. The van der Waals surface area contributed by atoms with Gasteiger partial charge in [-0.05, 0) is 31.5 Å². The summed E-state index contributed by atoms with van der Waals surface area (Å²) in [7, 11) is 0. The molecule has 0 N–H and O–H groups in total. The first-order valence-electron chi connectivity index (χ1n) is 4.99. The maximum absolute atomic E-state index is 11.7. The fourth-order valence-corrected chi connectivity index (χ4v) is 2.63. The lowest BCUT2D eigenvalue weighted by molar-refractivity contribution is 0.751. The summed E-state index contributed by atoms with van der Waals surface area (Å²) in [5.74, 6) is 0. The molecule has 0 aliphatic rings. The molecule has 2 rings (SSSR count). The number of aryl methyl sites for hydroxylation is 1. The molecule has 1 aromatic heterocycles. The lowest BCUT2D eigenvalue weighted by Crippen LogP contribution is -2.15. The molecule has 0 atom stereocenters. The van der Waals surface area contributed by atoms with Gasteiger partial charge >= 0.3 is 4.87 Å². The summed E-state index contributed by atoms with van der Waals surface area (Å²) in [6.07, 6.45) is 0. The number of halogens is 1. The zero-order chi connectivity index (χ0) is 11.7. The second-order valence-electron chi connectivity index (χ2n) is 3.73. The van der Waals surface area contributed by atoms with Crippen LogP contribution in [0.1, 0.15) is 16.1 Å². The highest BCUT2D eigenvalue weighted by molar-refractivity contribution is 7.09. The predicted octanol–water partition coefficient (Wildman–Crippen LogP) is 3.23. The summed E-state index contributed by atoms with van der Waals surface area (Å²) in [5, 5.41) is 0.704. The quantitative estimate of drug-likeness (QED) is 0.806. The van der Waals surface area contributed by atoms with E-state index >= 15 is 0 Å². The van der Waals surface area contributed by atoms with Gasteiger partial charge in [0, 0.05) is 15.6 Å². The van der Waals surface area contributed by atoms with Gasteiger partial charge in [-0.25, -0.2) is 0 Å². The molecule has 0 saturated carbocycles. The Morgan fingerprint density at radius 2 is 2.12 bits per heavy atom. The van der Waals surface area contributed by atoms with Crippen LogP contribution in [-0.4, -0.2) is 4.57 Å². The monoisotopic (exact) mass is 253 g/mol. The van der Waals surface area contributed by atoms with Crippen LogP contribution in [0.15, 0.2) is 29.1 Å². The van der Waals surface area contributed by atoms with E-state index < -0.39 is 0 Å². The van der Waals surface area contributed by atoms with Crippen molar-refractivity contribution in [2.75, 3.05) is 0 Å². The summed E-state index contributed by atoms with van der Waals surface area (Å²) >= 11 is 7.20. The van der Waals surface area contributed by atoms with E-state index in [1.165, 1.54) is 11.3 Å². The summed E-state index contributed by atoms with van der Waals surface area (Å²) < 4.78 is 1.78. The van der Waals surface area contributed by atoms with Crippen LogP contribution in [0, 0.1) is 13.8 Å². The largest absolute Gasteiger partial charge is 0.307 e. The van der Waals surface area contributed by atoms with Crippen molar-refractivity contribution >= 4 is 22.9 Å². The molecule has 0 radical (unpaired) electrons. The van der Waals surface area contributed by atoms with Gasteiger partial charge < -0.3 is 0 Å². The van der Waals surface area contributed by atoms with E-state index in [0.29, 0.717) is 11.6 Å². The van der Waals surface area contributed by atoms with E-state index in [9.17, 15) is 4.79 Å². The number of nitrogens with zero attached hydrogens (tertiary/aromatic N) is 1. The summed E-state index contributed by atoms with van der Waals surface area (Å²) in [6.45, 7) is 4.53. The topological polar surface area (TPSA) is 22.0 Å². The van der Waals surface area contributed by atoms with Crippen molar-refractivity contribution in [3.05, 3.63) is 55.1 Å². The molecule has 2 nitrogen and oxygen atoms in total. The van der Waals surface area contributed by atoms with Crippen molar-refractivity contribution in [2.24, 2.45) is 0 Å². The third kappa shape index (κ3) is 2.20. The molecule has 16 heavy (non-hydrogen) atoms. The van der Waals surface area contributed by atoms with Gasteiger partial charge in [-0.2, -0.15) is 0 Å². The molecule has 0 fully saturated rings. The highest BCUT2D eigenvalue weighted by Gasteiger charge is 2.07. The Balaban J connectivity index is 2.38. The summed E-state index contributed by atoms with van der Waals surface area (Å²) in [6, 6.07) is 7.60. The molecule has 1 heterocycles. The standard InChI is InChI=1S/C12H12ClNOS/c1-8-9(2)16-12(15)14(8)7-10-4-3-5-11(13)6-10/h3-6H,7H2,1-2H3. The minimum Gasteiger partial charge on any atom is -0.299 e. The molecule has 0 saturated heterocycles. The molecule has 84 valence electrons. The van der Waals surface area contributed by atoms with Gasteiger partial charge in [-0.1, -0.05) is 35.1 Å². The second-order valence-corrected chi connectivity index (χ2v) is 5.33. The number of hydrogen-bond donors (Lipinski definition) is 0. The molecule has 0 bridgehead atoms. The van der Waals surface area contributed by atoms with Gasteiger partial charge in [0.1, 0.15) is 0 Å². The van der Waals surface area contributed by atoms with Crippen LogP contribution in [0.5, 0.6) is 0 Å². The molecule has 0 spiro atoms. The van der Waals surface area contributed by atoms with Crippen LogP contribution < -0.4 is 4.87 Å². The average Bonchev–Trinajstić information content (AvgIpc) is 2.45. The molecular formula is C12H12ClNOS. The lowest BCUT2D eigenvalue weighted by Gasteiger charge is -2.05. The Morgan fingerprint density at radius 1 is 1.38 bits per heavy atom. The van der Waals surface area contributed by atoms with Crippen molar-refractivity contribution in [1.29, 1.82) is 0 Å². The Bertz CT molecular complexity index is 571. The Hall–Kier alpha value is -1.06. The first-order chi connectivity index (χ1) is 7.58. The fourth-order valence-electron chi connectivity index (χ4n) is 1.59. The molecule has 4 heteroatoms. The van der Waals surface area contributed by atoms with Crippen LogP contribution in [-0.2, 0) is 6.54 Å². The number of hydrogen-bond acceptors (Lipinski definition) is 2. The molecule has 0 unspecified atom stereocenters. The number of thiazole rings is 1. The van der Waals surface area contributed by atoms with Crippen molar-refractivity contribution in [1.82, 2.24) is 4.57 Å². The maximum Gasteiger partial charge on any atom is 0.307 e. The van der Waals surface area contributed by atoms with Gasteiger partial charge in [0.05, 0.1) is 6.54 Å². The first-order valence-corrected chi connectivity index (χ1v) is 6.18. The number of benzene rings is 1. The van der Waals surface area contributed by atoms with Gasteiger partial charge in [0.25, 0.3) is 0 Å². The molecule has 0 aliphatic heterocycles. The molecule has 2 aromatic rings. The molecule has 0 amide bonds. The Labute approximate surface area is 103 Å². The highest BCUT2D eigenvalue weighted by atomic mass is 35.5. The van der Waals surface area contributed by atoms with Gasteiger partial charge in [-0.3, -0.25) is 9.36 Å². The smallest absolute Gasteiger partial charge is 0.299 e. The first kappa shape index (κ1) is 11.4. The Morgan fingerprint density at radius 3 is 2.69 bits per heavy atom. The molecule has 0 aliphatic carbocycles. The van der Waals surface area contributed by atoms with Crippen molar-refractivity contribution in [3.8, 4) is 0 Å². The lowest BCUT2D eigenvalue weighted by atomic mass is 10.2. The minimum atomic E-state index is 0.0926. The zero-order valence-electron chi connectivity index (χ0n) is 9.16. The van der Waals surface area contributed by atoms with Gasteiger partial charge in [0.15, 0.2) is 0 Å². The molecular weight excluding hydrogens is 242 g/mol. The van der Waals surface area contributed by atoms with Crippen LogP contribution in [0.2, 0.25) is 5.02 Å². The third-order valence-electron chi connectivity index (χ3n) is 2.60. The van der Waals surface area contributed by atoms with Gasteiger partial charge in [0.2, 0.25) is 0 Å². The van der Waals surface area contributed by atoms with E-state index in [1.807, 2.05) is 38.1 Å². The predicted molar refractivity (Wildman–Crippen MR) is 68.6 cm³/mol. The van der Waals surface area contributed by atoms with Crippen LogP contribution in [0.3, 0.4) is 0 Å². The van der Waals surface area contributed by atoms with E-state index in [4.69, 9.17) is 11.6 Å². The number of rotatable bonds is 2. The Kier molecular flexibility index (Phi) is 3.17. The van der Waals surface area contributed by atoms with Gasteiger partial charge in [-0.15, -0.1) is 0 Å².